The summed E-state index contributed by atoms with van der Waals surface area (Å²) in [7, 11) is 0.583. The monoisotopic (exact) mass is 187 g/mol. The molecule has 0 radical (unpaired) electrons. The Balaban J connectivity index is 0. The second-order valence-corrected chi connectivity index (χ2v) is 2.95. The number of aryl methyl sites for hydroxylation is 2. The van der Waals surface area contributed by atoms with Gasteiger partial charge in [0.1, 0.15) is 0 Å². The number of rotatable bonds is 0. The van der Waals surface area contributed by atoms with Crippen LogP contribution in [-0.4, -0.2) is 12.1 Å². The van der Waals surface area contributed by atoms with Crippen molar-refractivity contribution in [2.24, 2.45) is 5.50 Å². The van der Waals surface area contributed by atoms with Gasteiger partial charge >= 0.3 is 0 Å². The second-order valence-electron chi connectivity index (χ2n) is 2.37. The van der Waals surface area contributed by atoms with E-state index in [0.717, 1.165) is 0 Å². The summed E-state index contributed by atoms with van der Waals surface area (Å²) in [6, 6.07) is 8.36. The lowest BCUT2D eigenvalue weighted by atomic mass is 10.1. The van der Waals surface area contributed by atoms with Crippen LogP contribution in [0.5, 0.6) is 0 Å². The highest BCUT2D eigenvalue weighted by Crippen LogP contribution is 2.02. The smallest absolute Gasteiger partial charge is 0.0343 e. The molecule has 1 atom stereocenters. The van der Waals surface area contributed by atoms with Crippen molar-refractivity contribution in [3.63, 3.8) is 0 Å². The fraction of sp³-hybridized carbons (Fsp3) is 0.333. The number of hydrogen-bond donors (Lipinski definition) is 1. The van der Waals surface area contributed by atoms with E-state index in [-0.39, 0.29) is 5.48 Å². The maximum Gasteiger partial charge on any atom is -0.0343 e. The molecule has 0 saturated carbocycles. The van der Waals surface area contributed by atoms with Crippen LogP contribution < -0.4 is 5.50 Å². The van der Waals surface area contributed by atoms with Gasteiger partial charge in [0, 0.05) is 0 Å². The predicted molar refractivity (Wildman–Crippen MR) is 58.0 cm³/mol. The number of benzene rings is 1. The van der Waals surface area contributed by atoms with Crippen LogP contribution in [0.1, 0.15) is 11.1 Å². The zero-order valence-electron chi connectivity index (χ0n) is 7.89. The molecule has 0 aromatic heterocycles. The summed E-state index contributed by atoms with van der Waals surface area (Å²) >= 11 is 0. The topological polar surface area (TPSA) is 57.5 Å². The molecule has 3 heteroatoms. The Kier molecular flexibility index (Phi) is 10.2. The van der Waals surface area contributed by atoms with E-state index in [0.29, 0.717) is 8.73 Å². The Morgan fingerprint density at radius 2 is 1.33 bits per heavy atom. The Bertz CT molecular complexity index is 182. The molecule has 0 aliphatic heterocycles. The van der Waals surface area contributed by atoms with Crippen molar-refractivity contribution in [2.45, 2.75) is 13.8 Å². The molecule has 2 nitrogen and oxygen atoms in total. The van der Waals surface area contributed by atoms with E-state index in [2.05, 4.69) is 38.1 Å². The Morgan fingerprint density at radius 3 is 1.50 bits per heavy atom. The molecule has 0 spiro atoms. The molecule has 0 amide bonds. The molecular weight excluding hydrogens is 169 g/mol. The molecule has 0 heterocycles. The average Bonchev–Trinajstić information content (AvgIpc) is 1.97. The zero-order chi connectivity index (χ0) is 8.69. The summed E-state index contributed by atoms with van der Waals surface area (Å²) in [5.74, 6) is 0. The molecule has 0 aliphatic rings. The Morgan fingerprint density at radius 1 is 1.08 bits per heavy atom. The summed E-state index contributed by atoms with van der Waals surface area (Å²) < 4.78 is 0. The van der Waals surface area contributed by atoms with Gasteiger partial charge in [-0.05, 0) is 31.6 Å². The van der Waals surface area contributed by atoms with E-state index in [1.165, 1.54) is 11.1 Å². The molecule has 1 aromatic carbocycles. The van der Waals surface area contributed by atoms with Gasteiger partial charge in [-0.25, -0.2) is 0 Å². The molecule has 1 rings (SSSR count). The highest BCUT2D eigenvalue weighted by Gasteiger charge is 1.83. The first kappa shape index (κ1) is 14.1. The van der Waals surface area contributed by atoms with Gasteiger partial charge in [0.05, 0.1) is 0 Å². The van der Waals surface area contributed by atoms with Gasteiger partial charge in [0.25, 0.3) is 0 Å². The van der Waals surface area contributed by atoms with Gasteiger partial charge in [0.2, 0.25) is 0 Å². The van der Waals surface area contributed by atoms with Crippen LogP contribution in [0.3, 0.4) is 0 Å². The summed E-state index contributed by atoms with van der Waals surface area (Å²) in [5.41, 5.74) is 7.61. The lowest BCUT2D eigenvalue weighted by Gasteiger charge is -1.93. The zero-order valence-corrected chi connectivity index (χ0v) is 8.89. The van der Waals surface area contributed by atoms with Gasteiger partial charge < -0.3 is 11.0 Å². The molecule has 12 heavy (non-hydrogen) atoms. The van der Waals surface area contributed by atoms with Gasteiger partial charge in [-0.15, -0.1) is 0 Å². The summed E-state index contributed by atoms with van der Waals surface area (Å²) in [6.07, 6.45) is 0. The predicted octanol–water partition coefficient (Wildman–Crippen LogP) is 1.65. The minimum Gasteiger partial charge on any atom is -0.412 e. The SMILES string of the molecule is CPN.Cc1ccccc1C.O. The van der Waals surface area contributed by atoms with Crippen molar-refractivity contribution in [1.29, 1.82) is 0 Å². The van der Waals surface area contributed by atoms with E-state index >= 15 is 0 Å². The van der Waals surface area contributed by atoms with E-state index in [1.54, 1.807) is 0 Å². The van der Waals surface area contributed by atoms with Crippen molar-refractivity contribution in [3.05, 3.63) is 35.4 Å². The second kappa shape index (κ2) is 8.66. The normalized spacial score (nSPS) is 8.67. The van der Waals surface area contributed by atoms with Crippen molar-refractivity contribution in [1.82, 2.24) is 0 Å². The van der Waals surface area contributed by atoms with E-state index < -0.39 is 0 Å². The molecular formula is C9H18NOP. The first-order valence-electron chi connectivity index (χ1n) is 3.62. The minimum atomic E-state index is 0. The van der Waals surface area contributed by atoms with Crippen LogP contribution in [0, 0.1) is 13.8 Å². The van der Waals surface area contributed by atoms with Gasteiger partial charge in [-0.1, -0.05) is 33.0 Å². The van der Waals surface area contributed by atoms with E-state index in [1.807, 2.05) is 6.66 Å². The van der Waals surface area contributed by atoms with Crippen LogP contribution in [0.2, 0.25) is 0 Å². The third-order valence-electron chi connectivity index (χ3n) is 1.43. The quantitative estimate of drug-likeness (QED) is 0.617. The molecule has 0 aliphatic carbocycles. The lowest BCUT2D eigenvalue weighted by molar-refractivity contribution is 0.824. The molecule has 4 N–H and O–H groups in total. The molecule has 1 aromatic rings. The van der Waals surface area contributed by atoms with E-state index in [4.69, 9.17) is 5.50 Å². The van der Waals surface area contributed by atoms with Crippen molar-refractivity contribution < 1.29 is 5.48 Å². The maximum atomic E-state index is 4.88. The highest BCUT2D eigenvalue weighted by atomic mass is 31.1. The molecule has 0 saturated heterocycles. The molecule has 0 bridgehead atoms. The van der Waals surface area contributed by atoms with Gasteiger partial charge in [-0.2, -0.15) is 0 Å². The first-order valence-corrected chi connectivity index (χ1v) is 5.19. The van der Waals surface area contributed by atoms with Crippen LogP contribution in [0.4, 0.5) is 0 Å². The van der Waals surface area contributed by atoms with Gasteiger partial charge in [0.15, 0.2) is 0 Å². The van der Waals surface area contributed by atoms with Crippen LogP contribution in [0.25, 0.3) is 0 Å². The average molecular weight is 187 g/mol. The van der Waals surface area contributed by atoms with Crippen molar-refractivity contribution >= 4 is 8.73 Å². The maximum absolute atomic E-state index is 4.88. The standard InChI is InChI=1S/C8H10.CH6NP.H2O/c1-7-5-3-4-6-8(7)2;1-3-2;/h3-6H,1-2H3;3H,2H2,1H3;1H2. The van der Waals surface area contributed by atoms with Crippen LogP contribution >= 0.6 is 8.73 Å². The van der Waals surface area contributed by atoms with Crippen molar-refractivity contribution in [2.75, 3.05) is 6.66 Å². The summed E-state index contributed by atoms with van der Waals surface area (Å²) in [6.45, 7) is 6.17. The largest absolute Gasteiger partial charge is 0.412 e. The fourth-order valence-corrected chi connectivity index (χ4v) is 0.663. The number of hydrogen-bond acceptors (Lipinski definition) is 1. The van der Waals surface area contributed by atoms with Crippen molar-refractivity contribution in [3.8, 4) is 0 Å². The highest BCUT2D eigenvalue weighted by molar-refractivity contribution is 7.34. The summed E-state index contributed by atoms with van der Waals surface area (Å²) in [5, 5.41) is 0. The Hall–Kier alpha value is -0.430. The first-order chi connectivity index (χ1) is 5.22. The summed E-state index contributed by atoms with van der Waals surface area (Å²) in [4.78, 5) is 0. The van der Waals surface area contributed by atoms with Crippen LogP contribution in [-0.2, 0) is 0 Å². The molecule has 0 fully saturated rings. The molecule has 70 valence electrons. The fourth-order valence-electron chi connectivity index (χ4n) is 0.663. The van der Waals surface area contributed by atoms with Crippen LogP contribution in [0.15, 0.2) is 24.3 Å². The third kappa shape index (κ3) is 6.29. The number of nitrogens with two attached hydrogens (primary N) is 1. The van der Waals surface area contributed by atoms with Gasteiger partial charge in [-0.3, -0.25) is 0 Å². The minimum absolute atomic E-state index is 0. The Labute approximate surface area is 76.3 Å². The lowest BCUT2D eigenvalue weighted by Crippen LogP contribution is -1.74. The molecule has 1 unspecified atom stereocenters. The third-order valence-corrected chi connectivity index (χ3v) is 1.43. The van der Waals surface area contributed by atoms with E-state index in [9.17, 15) is 0 Å².